The highest BCUT2D eigenvalue weighted by Crippen LogP contribution is 2.23. The molecular weight excluding hydrogens is 321 g/mol. The molecule has 0 fully saturated rings. The Balaban J connectivity index is 1.95. The molecule has 1 aliphatic heterocycles. The average molecular weight is 339 g/mol. The van der Waals surface area contributed by atoms with E-state index in [2.05, 4.69) is 4.98 Å². The second-order valence-corrected chi connectivity index (χ2v) is 7.51. The highest BCUT2D eigenvalue weighted by atomic mass is 32.2. The molecule has 1 unspecified atom stereocenters. The highest BCUT2D eigenvalue weighted by molar-refractivity contribution is 7.89. The van der Waals surface area contributed by atoms with E-state index in [0.717, 1.165) is 12.1 Å². The molecule has 2 heterocycles. The van der Waals surface area contributed by atoms with Gasteiger partial charge in [0.25, 0.3) is 0 Å². The fourth-order valence-electron chi connectivity index (χ4n) is 2.78. The van der Waals surface area contributed by atoms with Crippen molar-refractivity contribution >= 4 is 10.0 Å². The van der Waals surface area contributed by atoms with E-state index in [1.54, 1.807) is 13.3 Å². The summed E-state index contributed by atoms with van der Waals surface area (Å²) in [6, 6.07) is 4.87. The van der Waals surface area contributed by atoms with Crippen LogP contribution in [0.4, 0.5) is 4.39 Å². The van der Waals surface area contributed by atoms with E-state index in [9.17, 15) is 12.8 Å². The van der Waals surface area contributed by atoms with Crippen molar-refractivity contribution in [2.75, 3.05) is 20.3 Å². The molecule has 1 aliphatic rings. The predicted octanol–water partition coefficient (Wildman–Crippen LogP) is 1.49. The van der Waals surface area contributed by atoms with Crippen molar-refractivity contribution in [2.45, 2.75) is 18.0 Å². The minimum absolute atomic E-state index is 0.0191. The van der Waals surface area contributed by atoms with Gasteiger partial charge in [-0.2, -0.15) is 4.31 Å². The Hall–Kier alpha value is -1.77. The van der Waals surface area contributed by atoms with Crippen LogP contribution in [0.1, 0.15) is 5.82 Å². The first-order valence-electron chi connectivity index (χ1n) is 7.25. The molecule has 0 radical (unpaired) electrons. The Morgan fingerprint density at radius 1 is 1.30 bits per heavy atom. The van der Waals surface area contributed by atoms with Crippen LogP contribution in [-0.4, -0.2) is 42.5 Å². The molecule has 23 heavy (non-hydrogen) atoms. The molecule has 0 saturated carbocycles. The van der Waals surface area contributed by atoms with Crippen LogP contribution in [0.2, 0.25) is 0 Å². The smallest absolute Gasteiger partial charge is 0.243 e. The molecule has 0 N–H and O–H groups in total. The average Bonchev–Trinajstić information content (AvgIpc) is 2.86. The van der Waals surface area contributed by atoms with Gasteiger partial charge >= 0.3 is 0 Å². The van der Waals surface area contributed by atoms with Gasteiger partial charge in [0.15, 0.2) is 0 Å². The molecule has 0 amide bonds. The number of hydrogen-bond donors (Lipinski definition) is 0. The van der Waals surface area contributed by atoms with Gasteiger partial charge in [0, 0.05) is 38.5 Å². The Bertz CT molecular complexity index is 774. The molecule has 1 aromatic heterocycles. The quantitative estimate of drug-likeness (QED) is 0.847. The van der Waals surface area contributed by atoms with Gasteiger partial charge in [-0.1, -0.05) is 0 Å². The van der Waals surface area contributed by atoms with Crippen molar-refractivity contribution in [3.8, 4) is 0 Å². The van der Waals surface area contributed by atoms with Crippen molar-refractivity contribution in [3.63, 3.8) is 0 Å². The Morgan fingerprint density at radius 2 is 2.04 bits per heavy atom. The molecule has 1 atom stereocenters. The number of hydrogen-bond acceptors (Lipinski definition) is 4. The summed E-state index contributed by atoms with van der Waals surface area (Å²) < 4.78 is 47.3. The largest absolute Gasteiger partial charge is 0.384 e. The molecule has 0 saturated heterocycles. The Labute approximate surface area is 134 Å². The maximum atomic E-state index is 13.1. The molecular formula is C15H18FN3O3S. The van der Waals surface area contributed by atoms with Gasteiger partial charge in [-0.25, -0.2) is 17.8 Å². The van der Waals surface area contributed by atoms with Crippen LogP contribution in [0.25, 0.3) is 0 Å². The maximum absolute atomic E-state index is 13.1. The van der Waals surface area contributed by atoms with Crippen LogP contribution < -0.4 is 0 Å². The number of halogens is 1. The summed E-state index contributed by atoms with van der Waals surface area (Å²) in [4.78, 5) is 4.32. The zero-order valence-electron chi connectivity index (χ0n) is 12.7. The third-order valence-electron chi connectivity index (χ3n) is 3.89. The van der Waals surface area contributed by atoms with Crippen LogP contribution >= 0.6 is 0 Å². The summed E-state index contributed by atoms with van der Waals surface area (Å²) in [5.74, 6) is 0.243. The lowest BCUT2D eigenvalue weighted by molar-refractivity contribution is 0.135. The van der Waals surface area contributed by atoms with Gasteiger partial charge in [-0.15, -0.1) is 0 Å². The monoisotopic (exact) mass is 339 g/mol. The lowest BCUT2D eigenvalue weighted by Gasteiger charge is -2.23. The van der Waals surface area contributed by atoms with Crippen molar-refractivity contribution in [1.82, 2.24) is 13.9 Å². The SMILES string of the molecule is COCC1CN(S(=O)(=O)c2ccc(F)cc2)Cc2nccn2C1. The van der Waals surface area contributed by atoms with Gasteiger partial charge in [-0.3, -0.25) is 0 Å². The summed E-state index contributed by atoms with van der Waals surface area (Å²) in [5, 5.41) is 0. The Kier molecular flexibility index (Phi) is 4.47. The first kappa shape index (κ1) is 16.1. The van der Waals surface area contributed by atoms with E-state index in [0.29, 0.717) is 25.5 Å². The number of fused-ring (bicyclic) bond motifs is 1. The lowest BCUT2D eigenvalue weighted by Crippen LogP contribution is -2.35. The third-order valence-corrected chi connectivity index (χ3v) is 5.72. The van der Waals surface area contributed by atoms with Crippen molar-refractivity contribution < 1.29 is 17.5 Å². The number of nitrogens with zero attached hydrogens (tertiary/aromatic N) is 3. The van der Waals surface area contributed by atoms with Gasteiger partial charge in [-0.05, 0) is 24.3 Å². The van der Waals surface area contributed by atoms with E-state index in [4.69, 9.17) is 4.74 Å². The fourth-order valence-corrected chi connectivity index (χ4v) is 4.25. The molecule has 0 aliphatic carbocycles. The van der Waals surface area contributed by atoms with E-state index in [1.807, 2.05) is 10.8 Å². The summed E-state index contributed by atoms with van der Waals surface area (Å²) in [7, 11) is -2.12. The predicted molar refractivity (Wildman–Crippen MR) is 81.6 cm³/mol. The first-order valence-corrected chi connectivity index (χ1v) is 8.69. The van der Waals surface area contributed by atoms with Gasteiger partial charge in [0.05, 0.1) is 18.0 Å². The molecule has 0 bridgehead atoms. The summed E-state index contributed by atoms with van der Waals surface area (Å²) in [5.41, 5.74) is 0. The molecule has 8 heteroatoms. The molecule has 6 nitrogen and oxygen atoms in total. The minimum Gasteiger partial charge on any atom is -0.384 e. The summed E-state index contributed by atoms with van der Waals surface area (Å²) >= 11 is 0. The van der Waals surface area contributed by atoms with E-state index < -0.39 is 15.8 Å². The fraction of sp³-hybridized carbons (Fsp3) is 0.400. The highest BCUT2D eigenvalue weighted by Gasteiger charge is 2.31. The zero-order valence-corrected chi connectivity index (χ0v) is 13.5. The van der Waals surface area contributed by atoms with E-state index in [1.165, 1.54) is 16.4 Å². The third kappa shape index (κ3) is 3.29. The molecule has 1 aromatic carbocycles. The zero-order chi connectivity index (χ0) is 16.4. The van der Waals surface area contributed by atoms with Crippen LogP contribution in [0.15, 0.2) is 41.6 Å². The number of aromatic nitrogens is 2. The first-order chi connectivity index (χ1) is 11.0. The van der Waals surface area contributed by atoms with Crippen LogP contribution in [-0.2, 0) is 27.8 Å². The Morgan fingerprint density at radius 3 is 2.74 bits per heavy atom. The summed E-state index contributed by atoms with van der Waals surface area (Å²) in [6.45, 7) is 1.62. The minimum atomic E-state index is -3.72. The topological polar surface area (TPSA) is 64.4 Å². The standard InChI is InChI=1S/C15H18FN3O3S/c1-22-11-12-8-18-7-6-17-15(18)10-19(9-12)23(20,21)14-4-2-13(16)3-5-14/h2-7,12H,8-11H2,1H3. The van der Waals surface area contributed by atoms with E-state index >= 15 is 0 Å². The number of imidazole rings is 1. The number of rotatable bonds is 4. The van der Waals surface area contributed by atoms with Crippen molar-refractivity contribution in [2.24, 2.45) is 5.92 Å². The molecule has 0 spiro atoms. The second-order valence-electron chi connectivity index (χ2n) is 5.57. The normalized spacial score (nSPS) is 19.3. The van der Waals surface area contributed by atoms with Gasteiger partial charge < -0.3 is 9.30 Å². The van der Waals surface area contributed by atoms with Crippen LogP contribution in [0, 0.1) is 11.7 Å². The number of methoxy groups -OCH3 is 1. The number of ether oxygens (including phenoxy) is 1. The molecule has 3 rings (SSSR count). The summed E-state index contributed by atoms with van der Waals surface area (Å²) in [6.07, 6.45) is 3.50. The lowest BCUT2D eigenvalue weighted by atomic mass is 10.1. The van der Waals surface area contributed by atoms with Gasteiger partial charge in [0.2, 0.25) is 10.0 Å². The van der Waals surface area contributed by atoms with Gasteiger partial charge in [0.1, 0.15) is 11.6 Å². The number of sulfonamides is 1. The maximum Gasteiger partial charge on any atom is 0.243 e. The van der Waals surface area contributed by atoms with Crippen molar-refractivity contribution in [3.05, 3.63) is 48.3 Å². The molecule has 124 valence electrons. The van der Waals surface area contributed by atoms with Crippen LogP contribution in [0.3, 0.4) is 0 Å². The van der Waals surface area contributed by atoms with E-state index in [-0.39, 0.29) is 17.4 Å². The second kappa shape index (κ2) is 6.38. The van der Waals surface area contributed by atoms with Crippen LogP contribution in [0.5, 0.6) is 0 Å². The molecule has 2 aromatic rings. The number of benzene rings is 1. The van der Waals surface area contributed by atoms with Crippen molar-refractivity contribution in [1.29, 1.82) is 0 Å².